The van der Waals surface area contributed by atoms with Gasteiger partial charge in [0.15, 0.2) is 0 Å². The van der Waals surface area contributed by atoms with Gasteiger partial charge in [0.1, 0.15) is 0 Å². The number of rotatable bonds is 4. The summed E-state index contributed by atoms with van der Waals surface area (Å²) in [6, 6.07) is 8.05. The van der Waals surface area contributed by atoms with E-state index in [1.807, 2.05) is 12.1 Å². The molecule has 0 fully saturated rings. The van der Waals surface area contributed by atoms with E-state index in [9.17, 15) is 13.2 Å². The minimum atomic E-state index is -4.07. The van der Waals surface area contributed by atoms with Crippen LogP contribution in [0.15, 0.2) is 36.4 Å². The summed E-state index contributed by atoms with van der Waals surface area (Å²) in [4.78, 5) is 0. The van der Waals surface area contributed by atoms with E-state index >= 15 is 0 Å². The first-order valence-corrected chi connectivity index (χ1v) is 7.07. The van der Waals surface area contributed by atoms with Gasteiger partial charge in [0.25, 0.3) is 0 Å². The van der Waals surface area contributed by atoms with Gasteiger partial charge >= 0.3 is 6.18 Å². The molecule has 1 aliphatic rings. The van der Waals surface area contributed by atoms with E-state index in [4.69, 9.17) is 0 Å². The Morgan fingerprint density at radius 3 is 2.40 bits per heavy atom. The Hall–Kier alpha value is -1.51. The van der Waals surface area contributed by atoms with E-state index in [1.165, 1.54) is 24.0 Å². The van der Waals surface area contributed by atoms with E-state index in [0.29, 0.717) is 0 Å². The van der Waals surface area contributed by atoms with Crippen molar-refractivity contribution in [3.8, 4) is 0 Å². The minimum absolute atomic E-state index is 0.0381. The molecule has 0 heterocycles. The van der Waals surface area contributed by atoms with Crippen LogP contribution in [0.1, 0.15) is 49.7 Å². The molecule has 0 aliphatic heterocycles. The lowest BCUT2D eigenvalue weighted by Crippen LogP contribution is -2.05. The Bertz CT molecular complexity index is 478. The highest BCUT2D eigenvalue weighted by Crippen LogP contribution is 2.27. The molecule has 0 unspecified atom stereocenters. The Morgan fingerprint density at radius 2 is 1.80 bits per heavy atom. The molecule has 0 saturated heterocycles. The summed E-state index contributed by atoms with van der Waals surface area (Å²) in [5.41, 5.74) is 3.58. The summed E-state index contributed by atoms with van der Waals surface area (Å²) in [6.07, 6.45) is 5.63. The molecule has 0 spiro atoms. The van der Waals surface area contributed by atoms with E-state index in [2.05, 4.69) is 18.2 Å². The summed E-state index contributed by atoms with van der Waals surface area (Å²) in [6.45, 7) is 0. The molecule has 0 nitrogen and oxygen atoms in total. The minimum Gasteiger partial charge on any atom is -0.171 e. The van der Waals surface area contributed by atoms with Crippen LogP contribution < -0.4 is 0 Å². The van der Waals surface area contributed by atoms with Gasteiger partial charge in [-0.25, -0.2) is 0 Å². The molecule has 0 bridgehead atoms. The first-order chi connectivity index (χ1) is 9.54. The highest BCUT2D eigenvalue weighted by Gasteiger charge is 2.25. The summed E-state index contributed by atoms with van der Waals surface area (Å²) in [5.74, 6) is 0. The summed E-state index contributed by atoms with van der Waals surface area (Å²) in [7, 11) is 0. The van der Waals surface area contributed by atoms with Gasteiger partial charge in [0, 0.05) is 6.42 Å². The van der Waals surface area contributed by atoms with Crippen molar-refractivity contribution in [3.05, 3.63) is 47.5 Å². The highest BCUT2D eigenvalue weighted by atomic mass is 19.4. The number of hydrogen-bond donors (Lipinski definition) is 0. The van der Waals surface area contributed by atoms with Gasteiger partial charge in [-0.1, -0.05) is 42.5 Å². The first-order valence-electron chi connectivity index (χ1n) is 7.07. The van der Waals surface area contributed by atoms with Gasteiger partial charge in [0.05, 0.1) is 0 Å². The average molecular weight is 280 g/mol. The maximum atomic E-state index is 12.0. The van der Waals surface area contributed by atoms with Crippen LogP contribution in [0.2, 0.25) is 0 Å². The van der Waals surface area contributed by atoms with Crippen LogP contribution in [0.3, 0.4) is 0 Å². The first kappa shape index (κ1) is 14.9. The largest absolute Gasteiger partial charge is 0.389 e. The monoisotopic (exact) mass is 280 g/mol. The van der Waals surface area contributed by atoms with Gasteiger partial charge in [0.2, 0.25) is 0 Å². The van der Waals surface area contributed by atoms with Gasteiger partial charge in [-0.3, -0.25) is 0 Å². The molecule has 1 aliphatic carbocycles. The van der Waals surface area contributed by atoms with Crippen LogP contribution >= 0.6 is 0 Å². The molecule has 3 heteroatoms. The zero-order valence-corrected chi connectivity index (χ0v) is 11.4. The topological polar surface area (TPSA) is 0 Å². The average Bonchev–Trinajstić information content (AvgIpc) is 2.44. The standard InChI is InChI=1S/C17H19F3/c18-17(19,20)13-5-4-6-14-9-11-16(12-10-14)15-7-2-1-3-8-15/h4,6-7,9-12H,1-3,5,8,13H2/b6-4+. The Morgan fingerprint density at radius 1 is 1.05 bits per heavy atom. The van der Waals surface area contributed by atoms with Crippen LogP contribution in [-0.4, -0.2) is 6.18 Å². The smallest absolute Gasteiger partial charge is 0.171 e. The number of alkyl halides is 3. The fraction of sp³-hybridized carbons (Fsp3) is 0.412. The van der Waals surface area contributed by atoms with Crippen molar-refractivity contribution in [1.82, 2.24) is 0 Å². The van der Waals surface area contributed by atoms with Crippen molar-refractivity contribution < 1.29 is 13.2 Å². The van der Waals surface area contributed by atoms with Crippen molar-refractivity contribution in [2.45, 2.75) is 44.7 Å². The number of allylic oxidation sites excluding steroid dienone is 3. The molecule has 0 radical (unpaired) electrons. The number of halogens is 3. The lowest BCUT2D eigenvalue weighted by Gasteiger charge is -2.12. The Labute approximate surface area is 118 Å². The molecule has 0 N–H and O–H groups in total. The number of hydrogen-bond acceptors (Lipinski definition) is 0. The van der Waals surface area contributed by atoms with Gasteiger partial charge in [-0.2, -0.15) is 13.2 Å². The molecule has 2 rings (SSSR count). The molecule has 108 valence electrons. The van der Waals surface area contributed by atoms with Crippen LogP contribution in [0.4, 0.5) is 13.2 Å². The third-order valence-electron chi connectivity index (χ3n) is 3.48. The molecular weight excluding hydrogens is 261 g/mol. The third-order valence-corrected chi connectivity index (χ3v) is 3.48. The molecular formula is C17H19F3. The second kappa shape index (κ2) is 6.78. The van der Waals surface area contributed by atoms with E-state index in [1.54, 1.807) is 12.2 Å². The maximum Gasteiger partial charge on any atom is 0.389 e. The van der Waals surface area contributed by atoms with Crippen molar-refractivity contribution in [3.63, 3.8) is 0 Å². The molecule has 20 heavy (non-hydrogen) atoms. The lowest BCUT2D eigenvalue weighted by atomic mass is 9.93. The van der Waals surface area contributed by atoms with Crippen molar-refractivity contribution in [2.75, 3.05) is 0 Å². The van der Waals surface area contributed by atoms with Crippen molar-refractivity contribution >= 4 is 11.6 Å². The molecule has 0 atom stereocenters. The van der Waals surface area contributed by atoms with Crippen LogP contribution in [0, 0.1) is 0 Å². The molecule has 0 amide bonds. The van der Waals surface area contributed by atoms with E-state index < -0.39 is 12.6 Å². The van der Waals surface area contributed by atoms with Crippen molar-refractivity contribution in [2.24, 2.45) is 0 Å². The molecule has 0 aromatic heterocycles. The van der Waals surface area contributed by atoms with E-state index in [0.717, 1.165) is 18.4 Å². The lowest BCUT2D eigenvalue weighted by molar-refractivity contribution is -0.133. The van der Waals surface area contributed by atoms with Crippen LogP contribution in [0.5, 0.6) is 0 Å². The summed E-state index contributed by atoms with van der Waals surface area (Å²) >= 11 is 0. The van der Waals surface area contributed by atoms with Crippen LogP contribution in [-0.2, 0) is 0 Å². The number of benzene rings is 1. The third kappa shape index (κ3) is 4.87. The van der Waals surface area contributed by atoms with Crippen LogP contribution in [0.25, 0.3) is 11.6 Å². The fourth-order valence-electron chi connectivity index (χ4n) is 2.38. The second-order valence-corrected chi connectivity index (χ2v) is 5.15. The predicted molar refractivity (Wildman–Crippen MR) is 77.2 cm³/mol. The summed E-state index contributed by atoms with van der Waals surface area (Å²) < 4.78 is 36.0. The SMILES string of the molecule is FC(F)(F)CC/C=C/c1ccc(C2=CCCCC2)cc1. The van der Waals surface area contributed by atoms with Crippen molar-refractivity contribution in [1.29, 1.82) is 0 Å². The Balaban J connectivity index is 1.91. The quantitative estimate of drug-likeness (QED) is 0.634. The Kier molecular flexibility index (Phi) is 5.05. The highest BCUT2D eigenvalue weighted by molar-refractivity contribution is 5.67. The maximum absolute atomic E-state index is 12.0. The van der Waals surface area contributed by atoms with Gasteiger partial charge in [-0.15, -0.1) is 0 Å². The predicted octanol–water partition coefficient (Wildman–Crippen LogP) is 6.00. The zero-order chi connectivity index (χ0) is 14.4. The molecule has 1 aromatic rings. The van der Waals surface area contributed by atoms with E-state index in [-0.39, 0.29) is 6.42 Å². The second-order valence-electron chi connectivity index (χ2n) is 5.15. The summed E-state index contributed by atoms with van der Waals surface area (Å²) in [5, 5.41) is 0. The fourth-order valence-corrected chi connectivity index (χ4v) is 2.38. The van der Waals surface area contributed by atoms with Gasteiger partial charge in [-0.05, 0) is 48.8 Å². The normalized spacial score (nSPS) is 16.4. The van der Waals surface area contributed by atoms with Gasteiger partial charge < -0.3 is 0 Å². The molecule has 1 aromatic carbocycles. The molecule has 0 saturated carbocycles. The zero-order valence-electron chi connectivity index (χ0n) is 11.4.